The van der Waals surface area contributed by atoms with Crippen LogP contribution < -0.4 is 10.1 Å². The van der Waals surface area contributed by atoms with Gasteiger partial charge in [-0.25, -0.2) is 0 Å². The quantitative estimate of drug-likeness (QED) is 0.870. The minimum Gasteiger partial charge on any atom is -0.494 e. The monoisotopic (exact) mass is 235 g/mol. The second-order valence-electron chi connectivity index (χ2n) is 4.58. The fourth-order valence-corrected chi connectivity index (χ4v) is 2.01. The summed E-state index contributed by atoms with van der Waals surface area (Å²) in [4.78, 5) is 0. The molecule has 1 aromatic carbocycles. The van der Waals surface area contributed by atoms with Crippen LogP contribution in [0.15, 0.2) is 24.3 Å². The Balaban J connectivity index is 1.96. The normalized spacial score (nSPS) is 24.6. The molecule has 1 aromatic rings. The highest BCUT2D eigenvalue weighted by Crippen LogP contribution is 2.20. The SMILES string of the molecule is CCCOc1ccc(C2COCC(C)N2)cc1. The molecule has 1 aliphatic rings. The molecule has 0 aliphatic carbocycles. The summed E-state index contributed by atoms with van der Waals surface area (Å²) in [7, 11) is 0. The minimum atomic E-state index is 0.305. The molecular formula is C14H21NO2. The maximum Gasteiger partial charge on any atom is 0.119 e. The van der Waals surface area contributed by atoms with Gasteiger partial charge in [0.05, 0.1) is 25.9 Å². The van der Waals surface area contributed by atoms with E-state index in [1.54, 1.807) is 0 Å². The highest BCUT2D eigenvalue weighted by molar-refractivity contribution is 5.29. The molecular weight excluding hydrogens is 214 g/mol. The van der Waals surface area contributed by atoms with Crippen LogP contribution in [0.25, 0.3) is 0 Å². The zero-order valence-electron chi connectivity index (χ0n) is 10.6. The van der Waals surface area contributed by atoms with Crippen molar-refractivity contribution in [1.29, 1.82) is 0 Å². The fourth-order valence-electron chi connectivity index (χ4n) is 2.01. The lowest BCUT2D eigenvalue weighted by Crippen LogP contribution is -2.41. The van der Waals surface area contributed by atoms with Crippen molar-refractivity contribution in [2.75, 3.05) is 19.8 Å². The van der Waals surface area contributed by atoms with E-state index in [2.05, 4.69) is 31.3 Å². The Labute approximate surface area is 103 Å². The molecule has 2 unspecified atom stereocenters. The molecule has 0 bridgehead atoms. The third kappa shape index (κ3) is 3.45. The Bertz CT molecular complexity index is 337. The summed E-state index contributed by atoms with van der Waals surface area (Å²) in [6.07, 6.45) is 1.04. The van der Waals surface area contributed by atoms with Gasteiger partial charge in [-0.3, -0.25) is 0 Å². The maximum absolute atomic E-state index is 5.57. The van der Waals surface area contributed by atoms with Crippen LogP contribution in [-0.2, 0) is 4.74 Å². The van der Waals surface area contributed by atoms with E-state index in [1.807, 2.05) is 12.1 Å². The molecule has 0 saturated carbocycles. The smallest absolute Gasteiger partial charge is 0.119 e. The summed E-state index contributed by atoms with van der Waals surface area (Å²) in [6.45, 7) is 6.58. The molecule has 94 valence electrons. The van der Waals surface area contributed by atoms with Gasteiger partial charge in [-0.15, -0.1) is 0 Å². The van der Waals surface area contributed by atoms with Crippen molar-refractivity contribution in [2.24, 2.45) is 0 Å². The molecule has 17 heavy (non-hydrogen) atoms. The average Bonchev–Trinajstić information content (AvgIpc) is 2.37. The largest absolute Gasteiger partial charge is 0.494 e. The van der Waals surface area contributed by atoms with Gasteiger partial charge in [0.15, 0.2) is 0 Å². The molecule has 3 nitrogen and oxygen atoms in total. The van der Waals surface area contributed by atoms with Crippen molar-refractivity contribution in [3.05, 3.63) is 29.8 Å². The van der Waals surface area contributed by atoms with E-state index in [4.69, 9.17) is 9.47 Å². The van der Waals surface area contributed by atoms with Gasteiger partial charge >= 0.3 is 0 Å². The summed E-state index contributed by atoms with van der Waals surface area (Å²) in [5.74, 6) is 0.945. The van der Waals surface area contributed by atoms with Crippen LogP contribution in [0.5, 0.6) is 5.75 Å². The number of rotatable bonds is 4. The van der Waals surface area contributed by atoms with Crippen LogP contribution in [0.4, 0.5) is 0 Å². The van der Waals surface area contributed by atoms with Gasteiger partial charge in [0.25, 0.3) is 0 Å². The molecule has 1 aliphatic heterocycles. The van der Waals surface area contributed by atoms with Gasteiger partial charge in [0.1, 0.15) is 5.75 Å². The summed E-state index contributed by atoms with van der Waals surface area (Å²) in [5, 5.41) is 3.53. The van der Waals surface area contributed by atoms with E-state index in [9.17, 15) is 0 Å². The first kappa shape index (κ1) is 12.4. The topological polar surface area (TPSA) is 30.5 Å². The number of nitrogens with one attached hydrogen (secondary N) is 1. The molecule has 1 N–H and O–H groups in total. The average molecular weight is 235 g/mol. The Morgan fingerprint density at radius 3 is 2.71 bits per heavy atom. The van der Waals surface area contributed by atoms with Gasteiger partial charge in [-0.2, -0.15) is 0 Å². The van der Waals surface area contributed by atoms with Crippen molar-refractivity contribution in [1.82, 2.24) is 5.32 Å². The van der Waals surface area contributed by atoms with Gasteiger partial charge in [-0.1, -0.05) is 19.1 Å². The highest BCUT2D eigenvalue weighted by Gasteiger charge is 2.19. The van der Waals surface area contributed by atoms with E-state index in [0.717, 1.165) is 32.0 Å². The van der Waals surface area contributed by atoms with E-state index < -0.39 is 0 Å². The van der Waals surface area contributed by atoms with Crippen molar-refractivity contribution >= 4 is 0 Å². The third-order valence-electron chi connectivity index (χ3n) is 2.89. The summed E-state index contributed by atoms with van der Waals surface area (Å²) >= 11 is 0. The Morgan fingerprint density at radius 1 is 1.29 bits per heavy atom. The van der Waals surface area contributed by atoms with Crippen LogP contribution in [0.2, 0.25) is 0 Å². The Hall–Kier alpha value is -1.06. The molecule has 1 heterocycles. The number of benzene rings is 1. The van der Waals surface area contributed by atoms with Crippen molar-refractivity contribution in [3.8, 4) is 5.75 Å². The van der Waals surface area contributed by atoms with Crippen molar-refractivity contribution in [3.63, 3.8) is 0 Å². The number of hydrogen-bond donors (Lipinski definition) is 1. The van der Waals surface area contributed by atoms with Gasteiger partial charge in [0, 0.05) is 6.04 Å². The lowest BCUT2D eigenvalue weighted by atomic mass is 10.1. The van der Waals surface area contributed by atoms with Gasteiger partial charge in [-0.05, 0) is 31.0 Å². The molecule has 0 amide bonds. The van der Waals surface area contributed by atoms with Crippen LogP contribution >= 0.6 is 0 Å². The second kappa shape index (κ2) is 6.03. The van der Waals surface area contributed by atoms with Crippen LogP contribution in [0.3, 0.4) is 0 Å². The first-order valence-corrected chi connectivity index (χ1v) is 6.36. The Kier molecular flexibility index (Phi) is 4.40. The van der Waals surface area contributed by atoms with E-state index >= 15 is 0 Å². The predicted molar refractivity (Wildman–Crippen MR) is 68.4 cm³/mol. The summed E-state index contributed by atoms with van der Waals surface area (Å²) in [6, 6.07) is 9.02. The Morgan fingerprint density at radius 2 is 2.06 bits per heavy atom. The van der Waals surface area contributed by atoms with Crippen LogP contribution in [-0.4, -0.2) is 25.9 Å². The standard InChI is InChI=1S/C14H21NO2/c1-3-8-17-13-6-4-12(5-7-13)14-10-16-9-11(2)15-14/h4-7,11,14-15H,3,8-10H2,1-2H3. The zero-order chi connectivity index (χ0) is 12.1. The van der Waals surface area contributed by atoms with E-state index in [0.29, 0.717) is 12.1 Å². The number of hydrogen-bond acceptors (Lipinski definition) is 3. The molecule has 0 radical (unpaired) electrons. The van der Waals surface area contributed by atoms with Crippen molar-refractivity contribution in [2.45, 2.75) is 32.4 Å². The van der Waals surface area contributed by atoms with E-state index in [1.165, 1.54) is 5.56 Å². The van der Waals surface area contributed by atoms with Gasteiger partial charge in [0.2, 0.25) is 0 Å². The lowest BCUT2D eigenvalue weighted by Gasteiger charge is -2.29. The predicted octanol–water partition coefficient (Wildman–Crippen LogP) is 2.52. The van der Waals surface area contributed by atoms with E-state index in [-0.39, 0.29) is 0 Å². The molecule has 3 heteroatoms. The number of ether oxygens (including phenoxy) is 2. The zero-order valence-corrected chi connectivity index (χ0v) is 10.6. The third-order valence-corrected chi connectivity index (χ3v) is 2.89. The summed E-state index contributed by atoms with van der Waals surface area (Å²) < 4.78 is 11.1. The minimum absolute atomic E-state index is 0.305. The maximum atomic E-state index is 5.57. The molecule has 2 atom stereocenters. The fraction of sp³-hybridized carbons (Fsp3) is 0.571. The molecule has 1 saturated heterocycles. The molecule has 0 spiro atoms. The lowest BCUT2D eigenvalue weighted by molar-refractivity contribution is 0.0504. The summed E-state index contributed by atoms with van der Waals surface area (Å²) in [5.41, 5.74) is 1.26. The van der Waals surface area contributed by atoms with Gasteiger partial charge < -0.3 is 14.8 Å². The molecule has 1 fully saturated rings. The first-order valence-electron chi connectivity index (χ1n) is 6.36. The molecule has 2 rings (SSSR count). The first-order chi connectivity index (χ1) is 8.29. The number of morpholine rings is 1. The van der Waals surface area contributed by atoms with Crippen LogP contribution in [0.1, 0.15) is 31.9 Å². The molecule has 0 aromatic heterocycles. The van der Waals surface area contributed by atoms with Crippen LogP contribution in [0, 0.1) is 0 Å². The highest BCUT2D eigenvalue weighted by atomic mass is 16.5. The second-order valence-corrected chi connectivity index (χ2v) is 4.58. The van der Waals surface area contributed by atoms with Crippen molar-refractivity contribution < 1.29 is 9.47 Å².